The Bertz CT molecular complexity index is 303. The van der Waals surface area contributed by atoms with Crippen LogP contribution in [0, 0.1) is 17.2 Å². The van der Waals surface area contributed by atoms with Gasteiger partial charge in [0.1, 0.15) is 5.60 Å². The quantitative estimate of drug-likeness (QED) is 0.672. The van der Waals surface area contributed by atoms with Gasteiger partial charge < -0.3 is 14.7 Å². The van der Waals surface area contributed by atoms with Crippen molar-refractivity contribution in [3.8, 4) is 6.07 Å². The topological polar surface area (TPSA) is 73.6 Å². The number of ether oxygens (including phenoxy) is 1. The van der Waals surface area contributed by atoms with Gasteiger partial charge in [-0.25, -0.2) is 4.79 Å². The van der Waals surface area contributed by atoms with Crippen LogP contribution >= 0.6 is 0 Å². The third-order valence-electron chi connectivity index (χ3n) is 2.40. The first-order chi connectivity index (χ1) is 7.33. The number of carbonyl (C=O) groups is 1. The lowest BCUT2D eigenvalue weighted by atomic mass is 9.96. The molecule has 1 saturated heterocycles. The van der Waals surface area contributed by atoms with Gasteiger partial charge in [0.05, 0.1) is 24.6 Å². The van der Waals surface area contributed by atoms with Crippen LogP contribution in [0.2, 0.25) is 0 Å². The van der Waals surface area contributed by atoms with Crippen molar-refractivity contribution in [1.82, 2.24) is 4.90 Å². The van der Waals surface area contributed by atoms with Gasteiger partial charge in [0.25, 0.3) is 0 Å². The summed E-state index contributed by atoms with van der Waals surface area (Å²) < 4.78 is 5.19. The summed E-state index contributed by atoms with van der Waals surface area (Å²) in [6.07, 6.45) is -0.703. The van der Waals surface area contributed by atoms with E-state index in [4.69, 9.17) is 10.00 Å². The monoisotopic (exact) mass is 226 g/mol. The molecule has 0 spiro atoms. The van der Waals surface area contributed by atoms with Crippen molar-refractivity contribution in [2.45, 2.75) is 38.9 Å². The molecule has 1 rings (SSSR count). The molecule has 90 valence electrons. The van der Waals surface area contributed by atoms with E-state index in [0.717, 1.165) is 0 Å². The Kier molecular flexibility index (Phi) is 3.76. The average Bonchev–Trinajstić information content (AvgIpc) is 2.15. The summed E-state index contributed by atoms with van der Waals surface area (Å²) in [6, 6.07) is 2.03. The number of likely N-dealkylation sites (tertiary alicyclic amines) is 1. The van der Waals surface area contributed by atoms with Crippen molar-refractivity contribution in [2.75, 3.05) is 13.1 Å². The van der Waals surface area contributed by atoms with Crippen molar-refractivity contribution in [3.05, 3.63) is 0 Å². The van der Waals surface area contributed by atoms with Crippen LogP contribution < -0.4 is 0 Å². The highest BCUT2D eigenvalue weighted by atomic mass is 16.6. The van der Waals surface area contributed by atoms with Crippen molar-refractivity contribution in [1.29, 1.82) is 5.26 Å². The molecular weight excluding hydrogens is 208 g/mol. The number of hydrogen-bond donors (Lipinski definition) is 1. The summed E-state index contributed by atoms with van der Waals surface area (Å²) >= 11 is 0. The maximum absolute atomic E-state index is 11.7. The van der Waals surface area contributed by atoms with Crippen molar-refractivity contribution >= 4 is 6.09 Å². The second kappa shape index (κ2) is 4.71. The Labute approximate surface area is 95.6 Å². The molecule has 1 heterocycles. The summed E-state index contributed by atoms with van der Waals surface area (Å²) in [5.74, 6) is -0.376. The molecule has 0 aromatic carbocycles. The van der Waals surface area contributed by atoms with E-state index in [1.54, 1.807) is 20.8 Å². The number of carbonyl (C=O) groups excluding carboxylic acids is 1. The maximum Gasteiger partial charge on any atom is 0.410 e. The van der Waals surface area contributed by atoms with E-state index in [2.05, 4.69) is 0 Å². The minimum Gasteiger partial charge on any atom is -0.444 e. The van der Waals surface area contributed by atoms with Crippen LogP contribution in [0.15, 0.2) is 0 Å². The molecule has 1 N–H and O–H groups in total. The van der Waals surface area contributed by atoms with E-state index < -0.39 is 17.8 Å². The molecule has 1 amide bonds. The van der Waals surface area contributed by atoms with Crippen LogP contribution in [0.4, 0.5) is 4.79 Å². The number of nitriles is 1. The van der Waals surface area contributed by atoms with E-state index in [9.17, 15) is 9.90 Å². The molecule has 0 bridgehead atoms. The zero-order valence-electron chi connectivity index (χ0n) is 9.93. The predicted molar refractivity (Wildman–Crippen MR) is 57.5 cm³/mol. The molecule has 5 heteroatoms. The first-order valence-electron chi connectivity index (χ1n) is 5.39. The van der Waals surface area contributed by atoms with Gasteiger partial charge in [0, 0.05) is 6.54 Å². The molecule has 5 nitrogen and oxygen atoms in total. The van der Waals surface area contributed by atoms with Crippen molar-refractivity contribution in [2.24, 2.45) is 5.92 Å². The molecule has 0 saturated carbocycles. The first-order valence-corrected chi connectivity index (χ1v) is 5.39. The highest BCUT2D eigenvalue weighted by Gasteiger charge is 2.32. The van der Waals surface area contributed by atoms with Crippen LogP contribution in [0.3, 0.4) is 0 Å². The molecule has 16 heavy (non-hydrogen) atoms. The summed E-state index contributed by atoms with van der Waals surface area (Å²) in [6.45, 7) is 6.02. The standard InChI is InChI=1S/C11H18N2O3/c1-11(2,3)16-10(15)13-5-4-8(6-12)9(14)7-13/h8-9,14H,4-5,7H2,1-3H3/t8-,9+/m0/s1. The lowest BCUT2D eigenvalue weighted by Crippen LogP contribution is -2.47. The molecule has 1 aliphatic rings. The minimum absolute atomic E-state index is 0.174. The normalized spacial score (nSPS) is 26.1. The van der Waals surface area contributed by atoms with Crippen molar-refractivity contribution < 1.29 is 14.6 Å². The largest absolute Gasteiger partial charge is 0.444 e. The van der Waals surface area contributed by atoms with Gasteiger partial charge >= 0.3 is 6.09 Å². The number of β-amino-alcohol motifs (C(OH)–C–C–N with tert-alkyl or cyclic N) is 1. The van der Waals surface area contributed by atoms with Gasteiger partial charge in [0.2, 0.25) is 0 Å². The number of amides is 1. The minimum atomic E-state index is -0.772. The lowest BCUT2D eigenvalue weighted by Gasteiger charge is -2.34. The predicted octanol–water partition coefficient (Wildman–Crippen LogP) is 1.13. The maximum atomic E-state index is 11.7. The van der Waals surface area contributed by atoms with Crippen LogP contribution in [0.1, 0.15) is 27.2 Å². The van der Waals surface area contributed by atoms with E-state index in [1.165, 1.54) is 4.90 Å². The lowest BCUT2D eigenvalue weighted by molar-refractivity contribution is -0.00446. The fraction of sp³-hybridized carbons (Fsp3) is 0.818. The van der Waals surface area contributed by atoms with Crippen LogP contribution in [0.5, 0.6) is 0 Å². The Balaban J connectivity index is 2.52. The van der Waals surface area contributed by atoms with Crippen molar-refractivity contribution in [3.63, 3.8) is 0 Å². The molecule has 0 radical (unpaired) electrons. The highest BCUT2D eigenvalue weighted by molar-refractivity contribution is 5.68. The van der Waals surface area contributed by atoms with E-state index in [0.29, 0.717) is 13.0 Å². The van der Waals surface area contributed by atoms with Gasteiger partial charge in [-0.15, -0.1) is 0 Å². The molecule has 0 aliphatic carbocycles. The molecule has 1 aliphatic heterocycles. The average molecular weight is 226 g/mol. The molecule has 2 atom stereocenters. The number of piperidine rings is 1. The Morgan fingerprint density at radius 3 is 2.62 bits per heavy atom. The van der Waals surface area contributed by atoms with Gasteiger partial charge in [-0.1, -0.05) is 0 Å². The van der Waals surface area contributed by atoms with E-state index in [1.807, 2.05) is 6.07 Å². The summed E-state index contributed by atoms with van der Waals surface area (Å²) in [4.78, 5) is 13.1. The summed E-state index contributed by atoms with van der Waals surface area (Å²) in [5.41, 5.74) is -0.534. The number of aliphatic hydroxyl groups excluding tert-OH is 1. The van der Waals surface area contributed by atoms with Crippen LogP contribution in [-0.4, -0.2) is 40.9 Å². The summed E-state index contributed by atoms with van der Waals surface area (Å²) in [5, 5.41) is 18.3. The SMILES string of the molecule is CC(C)(C)OC(=O)N1CC[C@@H](C#N)[C@H](O)C1. The molecule has 0 unspecified atom stereocenters. The molecule has 0 aromatic heterocycles. The number of rotatable bonds is 0. The zero-order chi connectivity index (χ0) is 12.3. The second-order valence-electron chi connectivity index (χ2n) is 5.02. The van der Waals surface area contributed by atoms with Gasteiger partial charge in [-0.05, 0) is 27.2 Å². The fourth-order valence-electron chi connectivity index (χ4n) is 1.57. The number of aliphatic hydroxyl groups is 1. The van der Waals surface area contributed by atoms with E-state index in [-0.39, 0.29) is 12.5 Å². The Hall–Kier alpha value is -1.28. The van der Waals surface area contributed by atoms with Gasteiger partial charge in [-0.3, -0.25) is 0 Å². The zero-order valence-corrected chi connectivity index (χ0v) is 9.93. The number of nitrogens with zero attached hydrogens (tertiary/aromatic N) is 2. The van der Waals surface area contributed by atoms with Crippen LogP contribution in [0.25, 0.3) is 0 Å². The van der Waals surface area contributed by atoms with Crippen LogP contribution in [-0.2, 0) is 4.74 Å². The van der Waals surface area contributed by atoms with Gasteiger partial charge in [0.15, 0.2) is 0 Å². The fourth-order valence-corrected chi connectivity index (χ4v) is 1.57. The molecule has 0 aromatic rings. The van der Waals surface area contributed by atoms with E-state index >= 15 is 0 Å². The third-order valence-corrected chi connectivity index (χ3v) is 2.40. The van der Waals surface area contributed by atoms with Gasteiger partial charge in [-0.2, -0.15) is 5.26 Å². The smallest absolute Gasteiger partial charge is 0.410 e. The highest BCUT2D eigenvalue weighted by Crippen LogP contribution is 2.19. The molecule has 1 fully saturated rings. The Morgan fingerprint density at radius 2 is 2.19 bits per heavy atom. The third kappa shape index (κ3) is 3.38. The Morgan fingerprint density at radius 1 is 1.56 bits per heavy atom. The summed E-state index contributed by atoms with van der Waals surface area (Å²) in [7, 11) is 0. The second-order valence-corrected chi connectivity index (χ2v) is 5.02. The first kappa shape index (κ1) is 12.8. The number of hydrogen-bond acceptors (Lipinski definition) is 4. The molecular formula is C11H18N2O3.